The fourth-order valence-corrected chi connectivity index (χ4v) is 1.89. The molecule has 0 atom stereocenters. The van der Waals surface area contributed by atoms with E-state index in [-0.39, 0.29) is 23.2 Å². The molecule has 0 aromatic heterocycles. The number of carbonyl (C=O) groups is 2. The maximum atomic E-state index is 11.6. The lowest BCUT2D eigenvalue weighted by Crippen LogP contribution is -2.47. The van der Waals surface area contributed by atoms with Gasteiger partial charge in [0.05, 0.1) is 6.54 Å². The molecule has 1 aromatic rings. The average molecular weight is 266 g/mol. The lowest BCUT2D eigenvalue weighted by molar-refractivity contribution is -0.110. The molecule has 0 spiro atoms. The lowest BCUT2D eigenvalue weighted by Gasteiger charge is -2.20. The van der Waals surface area contributed by atoms with Crippen molar-refractivity contribution in [2.24, 2.45) is 0 Å². The Morgan fingerprint density at radius 2 is 1.78 bits per heavy atom. The standard InChI is InChI=1S/C13H18N2O2S/c1-13(2,3)15-12(17)14-9-11(16)18-10-7-5-4-6-8-10/h4-8H,9H2,1-3H3,(H2,14,15,17). The van der Waals surface area contributed by atoms with Crippen molar-refractivity contribution in [3.05, 3.63) is 30.3 Å². The molecule has 98 valence electrons. The summed E-state index contributed by atoms with van der Waals surface area (Å²) in [5.41, 5.74) is -0.306. The number of carbonyl (C=O) groups excluding carboxylic acids is 2. The Labute approximate surface area is 112 Å². The molecule has 0 bridgehead atoms. The Kier molecular flexibility index (Phi) is 5.22. The van der Waals surface area contributed by atoms with Gasteiger partial charge in [-0.1, -0.05) is 30.0 Å². The predicted molar refractivity (Wildman–Crippen MR) is 73.6 cm³/mol. The molecule has 0 heterocycles. The van der Waals surface area contributed by atoms with Gasteiger partial charge < -0.3 is 10.6 Å². The highest BCUT2D eigenvalue weighted by molar-refractivity contribution is 8.13. The Balaban J connectivity index is 2.32. The van der Waals surface area contributed by atoms with Gasteiger partial charge in [-0.05, 0) is 32.9 Å². The van der Waals surface area contributed by atoms with Crippen molar-refractivity contribution in [2.75, 3.05) is 6.54 Å². The second-order valence-corrected chi connectivity index (χ2v) is 5.98. The van der Waals surface area contributed by atoms with Crippen LogP contribution in [-0.2, 0) is 4.79 Å². The van der Waals surface area contributed by atoms with Gasteiger partial charge in [-0.2, -0.15) is 0 Å². The van der Waals surface area contributed by atoms with Gasteiger partial charge in [0.15, 0.2) is 0 Å². The number of benzene rings is 1. The molecule has 0 aliphatic heterocycles. The molecule has 1 aromatic carbocycles. The molecule has 0 radical (unpaired) electrons. The van der Waals surface area contributed by atoms with E-state index in [0.29, 0.717) is 0 Å². The van der Waals surface area contributed by atoms with E-state index in [1.807, 2.05) is 51.1 Å². The van der Waals surface area contributed by atoms with Crippen LogP contribution in [0.1, 0.15) is 20.8 Å². The van der Waals surface area contributed by atoms with Crippen molar-refractivity contribution in [1.82, 2.24) is 10.6 Å². The Hall–Kier alpha value is -1.49. The lowest BCUT2D eigenvalue weighted by atomic mass is 10.1. The minimum atomic E-state index is -0.329. The zero-order chi connectivity index (χ0) is 13.6. The van der Waals surface area contributed by atoms with E-state index >= 15 is 0 Å². The maximum Gasteiger partial charge on any atom is 0.315 e. The molecule has 1 rings (SSSR count). The largest absolute Gasteiger partial charge is 0.334 e. The summed E-state index contributed by atoms with van der Waals surface area (Å²) in [5, 5.41) is 5.17. The highest BCUT2D eigenvalue weighted by atomic mass is 32.2. The van der Waals surface area contributed by atoms with Gasteiger partial charge in [0.1, 0.15) is 0 Å². The Morgan fingerprint density at radius 1 is 1.17 bits per heavy atom. The summed E-state index contributed by atoms with van der Waals surface area (Å²) in [7, 11) is 0. The number of thioether (sulfide) groups is 1. The van der Waals surface area contributed by atoms with Crippen molar-refractivity contribution < 1.29 is 9.59 Å². The Morgan fingerprint density at radius 3 is 2.33 bits per heavy atom. The van der Waals surface area contributed by atoms with E-state index < -0.39 is 0 Å². The quantitative estimate of drug-likeness (QED) is 0.826. The first-order chi connectivity index (χ1) is 8.37. The maximum absolute atomic E-state index is 11.6. The molecule has 4 nitrogen and oxygen atoms in total. The summed E-state index contributed by atoms with van der Waals surface area (Å²) in [6, 6.07) is 9.02. The van der Waals surface area contributed by atoms with Crippen LogP contribution in [-0.4, -0.2) is 23.2 Å². The normalized spacial score (nSPS) is 10.8. The van der Waals surface area contributed by atoms with Crippen LogP contribution in [0, 0.1) is 0 Å². The van der Waals surface area contributed by atoms with Crippen LogP contribution in [0.5, 0.6) is 0 Å². The van der Waals surface area contributed by atoms with Gasteiger partial charge in [0.25, 0.3) is 0 Å². The number of urea groups is 1. The minimum absolute atomic E-state index is 0.0154. The summed E-state index contributed by atoms with van der Waals surface area (Å²) in [4.78, 5) is 23.9. The summed E-state index contributed by atoms with van der Waals surface area (Å²) in [6.07, 6.45) is 0. The molecular weight excluding hydrogens is 248 g/mol. The monoisotopic (exact) mass is 266 g/mol. The third-order valence-corrected chi connectivity index (χ3v) is 2.74. The molecule has 18 heavy (non-hydrogen) atoms. The summed E-state index contributed by atoms with van der Waals surface area (Å²) in [5.74, 6) is 0. The van der Waals surface area contributed by atoms with E-state index in [1.165, 1.54) is 0 Å². The van der Waals surface area contributed by atoms with Crippen molar-refractivity contribution in [2.45, 2.75) is 31.2 Å². The molecule has 0 saturated heterocycles. The molecule has 0 unspecified atom stereocenters. The molecule has 2 amide bonds. The average Bonchev–Trinajstić information content (AvgIpc) is 2.25. The molecule has 2 N–H and O–H groups in total. The summed E-state index contributed by atoms with van der Waals surface area (Å²) in [6.45, 7) is 5.66. The van der Waals surface area contributed by atoms with E-state index in [0.717, 1.165) is 16.7 Å². The molecule has 0 aliphatic carbocycles. The second-order valence-electron chi connectivity index (χ2n) is 4.84. The van der Waals surface area contributed by atoms with Gasteiger partial charge in [-0.25, -0.2) is 4.79 Å². The smallest absolute Gasteiger partial charge is 0.315 e. The Bertz CT molecular complexity index is 413. The van der Waals surface area contributed by atoms with Crippen LogP contribution in [0.4, 0.5) is 4.79 Å². The van der Waals surface area contributed by atoms with Gasteiger partial charge in [-0.15, -0.1) is 0 Å². The molecular formula is C13H18N2O2S. The summed E-state index contributed by atoms with van der Waals surface area (Å²) >= 11 is 1.12. The molecule has 0 fully saturated rings. The number of hydrogen-bond acceptors (Lipinski definition) is 3. The van der Waals surface area contributed by atoms with Crippen molar-refractivity contribution in [3.8, 4) is 0 Å². The first kappa shape index (κ1) is 14.6. The first-order valence-electron chi connectivity index (χ1n) is 5.68. The van der Waals surface area contributed by atoms with Gasteiger partial charge in [-0.3, -0.25) is 4.79 Å². The van der Waals surface area contributed by atoms with Gasteiger partial charge in [0, 0.05) is 10.4 Å². The third kappa shape index (κ3) is 6.30. The molecule has 0 saturated carbocycles. The van der Waals surface area contributed by atoms with Gasteiger partial charge >= 0.3 is 6.03 Å². The van der Waals surface area contributed by atoms with Crippen LogP contribution >= 0.6 is 11.8 Å². The molecule has 5 heteroatoms. The summed E-state index contributed by atoms with van der Waals surface area (Å²) < 4.78 is 0. The minimum Gasteiger partial charge on any atom is -0.334 e. The number of hydrogen-bond donors (Lipinski definition) is 2. The van der Waals surface area contributed by atoms with Crippen LogP contribution in [0.25, 0.3) is 0 Å². The SMILES string of the molecule is CC(C)(C)NC(=O)NCC(=O)Sc1ccccc1. The highest BCUT2D eigenvalue weighted by Gasteiger charge is 2.14. The zero-order valence-electron chi connectivity index (χ0n) is 10.8. The first-order valence-corrected chi connectivity index (χ1v) is 6.50. The second kappa shape index (κ2) is 6.44. The predicted octanol–water partition coefficient (Wildman–Crippen LogP) is 2.40. The topological polar surface area (TPSA) is 58.2 Å². The fourth-order valence-electron chi connectivity index (χ4n) is 1.19. The highest BCUT2D eigenvalue weighted by Crippen LogP contribution is 2.17. The third-order valence-electron chi connectivity index (χ3n) is 1.86. The van der Waals surface area contributed by atoms with Crippen LogP contribution in [0.3, 0.4) is 0 Å². The van der Waals surface area contributed by atoms with Gasteiger partial charge in [0.2, 0.25) is 5.12 Å². The zero-order valence-corrected chi connectivity index (χ0v) is 11.6. The van der Waals surface area contributed by atoms with Crippen LogP contribution in [0.2, 0.25) is 0 Å². The van der Waals surface area contributed by atoms with Crippen molar-refractivity contribution in [3.63, 3.8) is 0 Å². The number of nitrogens with one attached hydrogen (secondary N) is 2. The molecule has 0 aliphatic rings. The van der Waals surface area contributed by atoms with Crippen LogP contribution < -0.4 is 10.6 Å². The van der Waals surface area contributed by atoms with E-state index in [4.69, 9.17) is 0 Å². The number of amides is 2. The van der Waals surface area contributed by atoms with E-state index in [2.05, 4.69) is 10.6 Å². The van der Waals surface area contributed by atoms with Crippen LogP contribution in [0.15, 0.2) is 35.2 Å². The van der Waals surface area contributed by atoms with Crippen molar-refractivity contribution in [1.29, 1.82) is 0 Å². The fraction of sp³-hybridized carbons (Fsp3) is 0.385. The van der Waals surface area contributed by atoms with E-state index in [1.54, 1.807) is 0 Å². The number of rotatable bonds is 3. The van der Waals surface area contributed by atoms with Crippen molar-refractivity contribution >= 4 is 22.9 Å². The van der Waals surface area contributed by atoms with E-state index in [9.17, 15) is 9.59 Å².